The van der Waals surface area contributed by atoms with Gasteiger partial charge in [-0.25, -0.2) is 0 Å². The molecule has 0 aromatic heterocycles. The summed E-state index contributed by atoms with van der Waals surface area (Å²) in [6, 6.07) is 10.8. The Hall–Kier alpha value is -1.59. The summed E-state index contributed by atoms with van der Waals surface area (Å²) in [7, 11) is 1.80. The summed E-state index contributed by atoms with van der Waals surface area (Å²) in [6.07, 6.45) is 7.47. The van der Waals surface area contributed by atoms with Gasteiger partial charge in [-0.15, -0.1) is 0 Å². The van der Waals surface area contributed by atoms with Crippen molar-refractivity contribution >= 4 is 5.96 Å². The number of hydrogen-bond acceptors (Lipinski definition) is 3. The van der Waals surface area contributed by atoms with Crippen molar-refractivity contribution in [1.29, 1.82) is 0 Å². The lowest BCUT2D eigenvalue weighted by Crippen LogP contribution is -2.42. The van der Waals surface area contributed by atoms with E-state index in [2.05, 4.69) is 52.8 Å². The number of likely N-dealkylation sites (tertiary alicyclic amines) is 1. The Morgan fingerprint density at radius 2 is 2.07 bits per heavy atom. The summed E-state index contributed by atoms with van der Waals surface area (Å²) < 4.78 is 5.32. The zero-order valence-corrected chi connectivity index (χ0v) is 18.5. The molecule has 1 aliphatic carbocycles. The molecule has 1 unspecified atom stereocenters. The van der Waals surface area contributed by atoms with E-state index in [0.29, 0.717) is 11.3 Å². The lowest BCUT2D eigenvalue weighted by atomic mass is 9.67. The van der Waals surface area contributed by atoms with E-state index in [1.165, 1.54) is 44.3 Å². The minimum atomic E-state index is 0.375. The van der Waals surface area contributed by atoms with Crippen molar-refractivity contribution in [2.45, 2.75) is 45.4 Å². The summed E-state index contributed by atoms with van der Waals surface area (Å²) in [5.41, 5.74) is 1.81. The van der Waals surface area contributed by atoms with Crippen LogP contribution in [0.25, 0.3) is 0 Å². The van der Waals surface area contributed by atoms with Crippen molar-refractivity contribution in [3.63, 3.8) is 0 Å². The Morgan fingerprint density at radius 1 is 1.24 bits per heavy atom. The molecule has 1 atom stereocenters. The van der Waals surface area contributed by atoms with Crippen LogP contribution in [0.1, 0.15) is 44.6 Å². The number of methoxy groups -OCH3 is 1. The molecule has 0 amide bonds. The predicted octanol–water partition coefficient (Wildman–Crippen LogP) is 3.31. The van der Waals surface area contributed by atoms with E-state index in [1.807, 2.05) is 0 Å². The van der Waals surface area contributed by atoms with Gasteiger partial charge in [0.1, 0.15) is 0 Å². The number of benzene rings is 1. The minimum absolute atomic E-state index is 0.375. The van der Waals surface area contributed by atoms with Gasteiger partial charge in [-0.05, 0) is 62.5 Å². The first kappa shape index (κ1) is 22.1. The molecule has 29 heavy (non-hydrogen) atoms. The summed E-state index contributed by atoms with van der Waals surface area (Å²) in [6.45, 7) is 9.40. The second-order valence-corrected chi connectivity index (χ2v) is 8.86. The minimum Gasteiger partial charge on any atom is -0.385 e. The van der Waals surface area contributed by atoms with Crippen LogP contribution in [0.15, 0.2) is 35.3 Å². The van der Waals surface area contributed by atoms with Gasteiger partial charge >= 0.3 is 0 Å². The van der Waals surface area contributed by atoms with Crippen molar-refractivity contribution in [2.75, 3.05) is 53.0 Å². The largest absolute Gasteiger partial charge is 0.385 e. The van der Waals surface area contributed by atoms with E-state index in [1.54, 1.807) is 7.11 Å². The SMILES string of the molecule is CCNC(=NCC1(CCOC)CCC1)NCC1CCN(CCc2ccccc2)C1. The molecule has 1 heterocycles. The molecule has 5 heteroatoms. The van der Waals surface area contributed by atoms with Crippen molar-refractivity contribution in [2.24, 2.45) is 16.3 Å². The molecule has 0 radical (unpaired) electrons. The van der Waals surface area contributed by atoms with Crippen LogP contribution in [-0.2, 0) is 11.2 Å². The fourth-order valence-corrected chi connectivity index (χ4v) is 4.53. The molecular weight excluding hydrogens is 360 g/mol. The normalized spacial score (nSPS) is 21.7. The van der Waals surface area contributed by atoms with Gasteiger partial charge in [-0.2, -0.15) is 0 Å². The van der Waals surface area contributed by atoms with Crippen LogP contribution < -0.4 is 10.6 Å². The molecular formula is C24H40N4O. The van der Waals surface area contributed by atoms with Gasteiger partial charge in [0.2, 0.25) is 0 Å². The van der Waals surface area contributed by atoms with Gasteiger partial charge in [0, 0.05) is 46.4 Å². The molecule has 1 aromatic carbocycles. The number of nitrogens with one attached hydrogen (secondary N) is 2. The van der Waals surface area contributed by atoms with Crippen molar-refractivity contribution in [3.05, 3.63) is 35.9 Å². The highest BCUT2D eigenvalue weighted by atomic mass is 16.5. The molecule has 2 aliphatic rings. The van der Waals surface area contributed by atoms with E-state index in [9.17, 15) is 0 Å². The fourth-order valence-electron chi connectivity index (χ4n) is 4.53. The molecule has 5 nitrogen and oxygen atoms in total. The third-order valence-electron chi connectivity index (χ3n) is 6.66. The van der Waals surface area contributed by atoms with Crippen molar-refractivity contribution in [3.8, 4) is 0 Å². The van der Waals surface area contributed by atoms with E-state index in [4.69, 9.17) is 9.73 Å². The zero-order chi connectivity index (χ0) is 20.4. The van der Waals surface area contributed by atoms with E-state index in [-0.39, 0.29) is 0 Å². The number of ether oxygens (including phenoxy) is 1. The molecule has 1 saturated heterocycles. The Morgan fingerprint density at radius 3 is 2.76 bits per heavy atom. The molecule has 2 fully saturated rings. The second kappa shape index (κ2) is 11.6. The number of hydrogen-bond donors (Lipinski definition) is 2. The van der Waals surface area contributed by atoms with Crippen LogP contribution in [-0.4, -0.2) is 63.8 Å². The maximum atomic E-state index is 5.32. The molecule has 162 valence electrons. The first-order valence-corrected chi connectivity index (χ1v) is 11.5. The Balaban J connectivity index is 1.40. The van der Waals surface area contributed by atoms with Gasteiger partial charge in [0.25, 0.3) is 0 Å². The topological polar surface area (TPSA) is 48.9 Å². The summed E-state index contributed by atoms with van der Waals surface area (Å²) in [5, 5.41) is 7.05. The van der Waals surface area contributed by atoms with Gasteiger partial charge in [-0.3, -0.25) is 4.99 Å². The molecule has 1 saturated carbocycles. The van der Waals surface area contributed by atoms with Gasteiger partial charge in [-0.1, -0.05) is 36.8 Å². The second-order valence-electron chi connectivity index (χ2n) is 8.86. The van der Waals surface area contributed by atoms with Crippen molar-refractivity contribution < 1.29 is 4.74 Å². The fraction of sp³-hybridized carbons (Fsp3) is 0.708. The smallest absolute Gasteiger partial charge is 0.191 e. The molecule has 1 aromatic rings. The van der Waals surface area contributed by atoms with Gasteiger partial charge in [0.05, 0.1) is 0 Å². The average molecular weight is 401 g/mol. The highest BCUT2D eigenvalue weighted by molar-refractivity contribution is 5.79. The lowest BCUT2D eigenvalue weighted by molar-refractivity contribution is 0.0778. The van der Waals surface area contributed by atoms with Crippen LogP contribution in [0.2, 0.25) is 0 Å². The Bertz CT molecular complexity index is 615. The number of guanidine groups is 1. The highest BCUT2D eigenvalue weighted by Gasteiger charge is 2.36. The maximum Gasteiger partial charge on any atom is 0.191 e. The monoisotopic (exact) mass is 400 g/mol. The van der Waals surface area contributed by atoms with Crippen LogP contribution >= 0.6 is 0 Å². The third-order valence-corrected chi connectivity index (χ3v) is 6.66. The van der Waals surface area contributed by atoms with Gasteiger partial charge in [0.15, 0.2) is 5.96 Å². The van der Waals surface area contributed by atoms with Crippen LogP contribution in [0, 0.1) is 11.3 Å². The van der Waals surface area contributed by atoms with E-state index in [0.717, 1.165) is 51.6 Å². The number of rotatable bonds is 11. The van der Waals surface area contributed by atoms with Crippen LogP contribution in [0.3, 0.4) is 0 Å². The summed E-state index contributed by atoms with van der Waals surface area (Å²) in [5.74, 6) is 1.69. The molecule has 3 rings (SSSR count). The van der Waals surface area contributed by atoms with E-state index < -0.39 is 0 Å². The quantitative estimate of drug-likeness (QED) is 0.442. The number of nitrogens with zero attached hydrogens (tertiary/aromatic N) is 2. The highest BCUT2D eigenvalue weighted by Crippen LogP contribution is 2.44. The van der Waals surface area contributed by atoms with Crippen LogP contribution in [0.5, 0.6) is 0 Å². The third kappa shape index (κ3) is 7.00. The van der Waals surface area contributed by atoms with Crippen LogP contribution in [0.4, 0.5) is 0 Å². The molecule has 2 N–H and O–H groups in total. The maximum absolute atomic E-state index is 5.32. The van der Waals surface area contributed by atoms with E-state index >= 15 is 0 Å². The summed E-state index contributed by atoms with van der Waals surface area (Å²) in [4.78, 5) is 7.55. The Labute approximate surface area is 177 Å². The lowest BCUT2D eigenvalue weighted by Gasteiger charge is -2.40. The predicted molar refractivity (Wildman–Crippen MR) is 121 cm³/mol. The van der Waals surface area contributed by atoms with Crippen molar-refractivity contribution in [1.82, 2.24) is 15.5 Å². The Kier molecular flexibility index (Phi) is 8.81. The summed E-state index contributed by atoms with van der Waals surface area (Å²) >= 11 is 0. The molecule has 1 aliphatic heterocycles. The standard InChI is InChI=1S/C24H40N4O/c1-3-25-23(27-20-24(12-7-13-24)14-17-29-2)26-18-22-11-16-28(19-22)15-10-21-8-5-4-6-9-21/h4-6,8-9,22H,3,7,10-20H2,1-2H3,(H2,25,26,27). The molecule has 0 spiro atoms. The van der Waals surface area contributed by atoms with Gasteiger partial charge < -0.3 is 20.3 Å². The first-order chi connectivity index (χ1) is 14.2. The average Bonchev–Trinajstić information content (AvgIpc) is 3.18. The number of aliphatic imine (C=N–C) groups is 1. The molecule has 0 bridgehead atoms. The first-order valence-electron chi connectivity index (χ1n) is 11.5. The zero-order valence-electron chi connectivity index (χ0n) is 18.5.